The molecule has 3 aromatic rings. The molecule has 1 atom stereocenters. The van der Waals surface area contributed by atoms with Crippen LogP contribution in [0.3, 0.4) is 0 Å². The van der Waals surface area contributed by atoms with Gasteiger partial charge in [-0.25, -0.2) is 4.98 Å². The number of ether oxygens (including phenoxy) is 1. The molecule has 1 aromatic carbocycles. The van der Waals surface area contributed by atoms with Crippen LogP contribution < -0.4 is 10.6 Å². The first kappa shape index (κ1) is 17.7. The number of aryl methyl sites for hydroxylation is 1. The largest absolute Gasteiger partial charge is 0.389 e. The van der Waals surface area contributed by atoms with Crippen LogP contribution in [0.15, 0.2) is 24.5 Å². The highest BCUT2D eigenvalue weighted by Gasteiger charge is 2.18. The molecule has 0 spiro atoms. The molecule has 0 aliphatic carbocycles. The lowest BCUT2D eigenvalue weighted by molar-refractivity contribution is 0.0904. The third-order valence-corrected chi connectivity index (χ3v) is 4.83. The Kier molecular flexibility index (Phi) is 4.91. The lowest BCUT2D eigenvalue weighted by Crippen LogP contribution is -2.28. The number of imidazole rings is 1. The minimum atomic E-state index is -0.496. The van der Waals surface area contributed by atoms with Crippen LogP contribution in [0.2, 0.25) is 0 Å². The van der Waals surface area contributed by atoms with Gasteiger partial charge in [0.25, 0.3) is 0 Å². The molecule has 8 nitrogen and oxygen atoms in total. The monoisotopic (exact) mass is 368 g/mol. The van der Waals surface area contributed by atoms with E-state index in [4.69, 9.17) is 4.74 Å². The van der Waals surface area contributed by atoms with Crippen molar-refractivity contribution in [1.82, 2.24) is 19.9 Å². The fourth-order valence-electron chi connectivity index (χ4n) is 3.24. The summed E-state index contributed by atoms with van der Waals surface area (Å²) in [7, 11) is 0. The number of nitrogens with zero attached hydrogens (tertiary/aromatic N) is 3. The van der Waals surface area contributed by atoms with Crippen molar-refractivity contribution in [1.29, 1.82) is 0 Å². The summed E-state index contributed by atoms with van der Waals surface area (Å²) in [6, 6.07) is 6.11. The molecule has 142 valence electrons. The maximum Gasteiger partial charge on any atom is 0.231 e. The van der Waals surface area contributed by atoms with E-state index in [9.17, 15) is 5.11 Å². The molecule has 1 saturated heterocycles. The lowest BCUT2D eigenvalue weighted by atomic mass is 10.1. The summed E-state index contributed by atoms with van der Waals surface area (Å²) >= 11 is 0. The SMILES string of the molecule is Cc1cc(C(C)O)ccc1Nc1nc(NC2CCOCC2)c2[nH]cnc2n1. The van der Waals surface area contributed by atoms with E-state index in [2.05, 4.69) is 30.6 Å². The zero-order valence-electron chi connectivity index (χ0n) is 15.5. The van der Waals surface area contributed by atoms with E-state index in [1.807, 2.05) is 25.1 Å². The summed E-state index contributed by atoms with van der Waals surface area (Å²) < 4.78 is 5.43. The number of rotatable bonds is 5. The molecule has 1 aliphatic rings. The molecule has 1 aliphatic heterocycles. The van der Waals surface area contributed by atoms with Gasteiger partial charge in [0.2, 0.25) is 5.95 Å². The van der Waals surface area contributed by atoms with Crippen molar-refractivity contribution < 1.29 is 9.84 Å². The first-order valence-corrected chi connectivity index (χ1v) is 9.21. The molecule has 1 unspecified atom stereocenters. The molecule has 0 radical (unpaired) electrons. The minimum Gasteiger partial charge on any atom is -0.389 e. The van der Waals surface area contributed by atoms with E-state index in [1.54, 1.807) is 13.3 Å². The number of H-pyrrole nitrogens is 1. The standard InChI is InChI=1S/C19H24N6O2/c1-11-9-13(12(2)26)3-4-15(11)23-19-24-17-16(20-10-21-17)18(25-19)22-14-5-7-27-8-6-14/h3-4,9-10,12,14,26H,5-8H2,1-2H3,(H3,20,21,22,23,24,25). The highest BCUT2D eigenvalue weighted by atomic mass is 16.5. The number of anilines is 3. The average Bonchev–Trinajstić information content (AvgIpc) is 3.13. The van der Waals surface area contributed by atoms with E-state index < -0.39 is 6.10 Å². The molecular formula is C19H24N6O2. The van der Waals surface area contributed by atoms with Crippen LogP contribution in [0, 0.1) is 6.92 Å². The van der Waals surface area contributed by atoms with E-state index >= 15 is 0 Å². The van der Waals surface area contributed by atoms with Crippen molar-refractivity contribution in [3.63, 3.8) is 0 Å². The summed E-state index contributed by atoms with van der Waals surface area (Å²) in [6.07, 6.45) is 3.02. The number of nitrogens with one attached hydrogen (secondary N) is 3. The topological polar surface area (TPSA) is 108 Å². The first-order valence-electron chi connectivity index (χ1n) is 9.21. The molecule has 0 bridgehead atoms. The fraction of sp³-hybridized carbons (Fsp3) is 0.421. The van der Waals surface area contributed by atoms with Gasteiger partial charge in [-0.05, 0) is 43.9 Å². The third-order valence-electron chi connectivity index (χ3n) is 4.83. The Bertz CT molecular complexity index is 933. The Balaban J connectivity index is 1.62. The summed E-state index contributed by atoms with van der Waals surface area (Å²) in [4.78, 5) is 16.6. The van der Waals surface area contributed by atoms with Gasteiger partial charge in [-0.1, -0.05) is 12.1 Å². The van der Waals surface area contributed by atoms with E-state index in [0.29, 0.717) is 17.6 Å². The number of aliphatic hydroxyl groups excluding tert-OH is 1. The number of aromatic nitrogens is 4. The number of aromatic amines is 1. The van der Waals surface area contributed by atoms with E-state index in [0.717, 1.165) is 54.2 Å². The van der Waals surface area contributed by atoms with E-state index in [1.165, 1.54) is 0 Å². The molecule has 0 amide bonds. The molecular weight excluding hydrogens is 344 g/mol. The number of hydrogen-bond donors (Lipinski definition) is 4. The normalized spacial score (nSPS) is 16.4. The van der Waals surface area contributed by atoms with Crippen LogP contribution in [0.1, 0.15) is 37.0 Å². The van der Waals surface area contributed by atoms with Gasteiger partial charge in [-0.15, -0.1) is 0 Å². The van der Waals surface area contributed by atoms with Crippen LogP contribution in [-0.4, -0.2) is 44.3 Å². The maximum absolute atomic E-state index is 9.74. The second kappa shape index (κ2) is 7.50. The zero-order valence-corrected chi connectivity index (χ0v) is 15.5. The summed E-state index contributed by atoms with van der Waals surface area (Å²) in [5.74, 6) is 1.22. The van der Waals surface area contributed by atoms with Crippen molar-refractivity contribution in [2.45, 2.75) is 38.8 Å². The molecule has 4 rings (SSSR count). The van der Waals surface area contributed by atoms with Crippen LogP contribution >= 0.6 is 0 Å². The predicted molar refractivity (Wildman–Crippen MR) is 104 cm³/mol. The average molecular weight is 368 g/mol. The Morgan fingerprint density at radius 2 is 2.07 bits per heavy atom. The number of benzene rings is 1. The Morgan fingerprint density at radius 1 is 1.26 bits per heavy atom. The van der Waals surface area contributed by atoms with Crippen molar-refractivity contribution >= 4 is 28.6 Å². The van der Waals surface area contributed by atoms with Gasteiger partial charge in [0.1, 0.15) is 5.52 Å². The number of aliphatic hydroxyl groups is 1. The Morgan fingerprint density at radius 3 is 2.81 bits per heavy atom. The minimum absolute atomic E-state index is 0.320. The third kappa shape index (κ3) is 3.86. The van der Waals surface area contributed by atoms with Gasteiger partial charge in [0.15, 0.2) is 11.5 Å². The van der Waals surface area contributed by atoms with Gasteiger partial charge < -0.3 is 25.5 Å². The van der Waals surface area contributed by atoms with Crippen LogP contribution in [0.5, 0.6) is 0 Å². The first-order chi connectivity index (χ1) is 13.1. The Labute approximate surface area is 157 Å². The van der Waals surface area contributed by atoms with Crippen LogP contribution in [0.25, 0.3) is 11.2 Å². The van der Waals surface area contributed by atoms with Crippen LogP contribution in [-0.2, 0) is 4.74 Å². The number of fused-ring (bicyclic) bond motifs is 1. The number of hydrogen-bond acceptors (Lipinski definition) is 7. The molecule has 8 heteroatoms. The van der Waals surface area contributed by atoms with Crippen molar-refractivity contribution in [2.24, 2.45) is 0 Å². The van der Waals surface area contributed by atoms with Gasteiger partial charge in [0, 0.05) is 24.9 Å². The highest BCUT2D eigenvalue weighted by molar-refractivity contribution is 5.84. The van der Waals surface area contributed by atoms with Gasteiger partial charge in [-0.2, -0.15) is 9.97 Å². The molecule has 27 heavy (non-hydrogen) atoms. The van der Waals surface area contributed by atoms with Gasteiger partial charge in [-0.3, -0.25) is 0 Å². The summed E-state index contributed by atoms with van der Waals surface area (Å²) in [6.45, 7) is 5.26. The van der Waals surface area contributed by atoms with Crippen molar-refractivity contribution in [3.8, 4) is 0 Å². The summed E-state index contributed by atoms with van der Waals surface area (Å²) in [5, 5.41) is 16.5. The molecule has 1 fully saturated rings. The molecule has 0 saturated carbocycles. The second-order valence-corrected chi connectivity index (χ2v) is 6.90. The smallest absolute Gasteiger partial charge is 0.231 e. The predicted octanol–water partition coefficient (Wildman–Crippen LogP) is 3.05. The van der Waals surface area contributed by atoms with Crippen molar-refractivity contribution in [2.75, 3.05) is 23.8 Å². The molecule has 4 N–H and O–H groups in total. The second-order valence-electron chi connectivity index (χ2n) is 6.90. The van der Waals surface area contributed by atoms with Crippen LogP contribution in [0.4, 0.5) is 17.5 Å². The zero-order chi connectivity index (χ0) is 18.8. The fourth-order valence-corrected chi connectivity index (χ4v) is 3.24. The van der Waals surface area contributed by atoms with E-state index in [-0.39, 0.29) is 0 Å². The Hall–Kier alpha value is -2.71. The molecule has 2 aromatic heterocycles. The highest BCUT2D eigenvalue weighted by Crippen LogP contribution is 2.26. The maximum atomic E-state index is 9.74. The summed E-state index contributed by atoms with van der Waals surface area (Å²) in [5.41, 5.74) is 4.20. The van der Waals surface area contributed by atoms with Crippen molar-refractivity contribution in [3.05, 3.63) is 35.7 Å². The van der Waals surface area contributed by atoms with Gasteiger partial charge >= 0.3 is 0 Å². The molecule has 3 heterocycles. The quantitative estimate of drug-likeness (QED) is 0.548. The van der Waals surface area contributed by atoms with Gasteiger partial charge in [0.05, 0.1) is 12.4 Å². The lowest BCUT2D eigenvalue weighted by Gasteiger charge is -2.24.